The normalized spacial score (nSPS) is 37.6. The Kier molecular flexibility index (Phi) is 3.04. The highest BCUT2D eigenvalue weighted by Crippen LogP contribution is 2.22. The maximum atomic E-state index is 11.4. The van der Waals surface area contributed by atoms with Crippen molar-refractivity contribution in [1.82, 2.24) is 0 Å². The van der Waals surface area contributed by atoms with E-state index < -0.39 is 0 Å². The zero-order chi connectivity index (χ0) is 9.14. The number of ether oxygens (including phenoxy) is 1. The van der Waals surface area contributed by atoms with Gasteiger partial charge in [-0.2, -0.15) is 0 Å². The number of hydrogen-bond acceptors (Lipinski definition) is 2. The molecular weight excluding hydrogens is 152 g/mol. The number of carbonyl (C=O) groups is 1. The van der Waals surface area contributed by atoms with Crippen LogP contribution in [0, 0.1) is 5.92 Å². The molecule has 0 saturated carbocycles. The molecule has 0 bridgehead atoms. The summed E-state index contributed by atoms with van der Waals surface area (Å²) in [7, 11) is 0. The predicted molar refractivity (Wildman–Crippen MR) is 47.9 cm³/mol. The fourth-order valence-electron chi connectivity index (χ4n) is 1.49. The molecule has 0 amide bonds. The van der Waals surface area contributed by atoms with E-state index in [0.717, 1.165) is 0 Å². The summed E-state index contributed by atoms with van der Waals surface area (Å²) in [5.41, 5.74) is 0. The van der Waals surface area contributed by atoms with E-state index in [9.17, 15) is 4.79 Å². The molecule has 1 rings (SSSR count). The van der Waals surface area contributed by atoms with Crippen molar-refractivity contribution in [2.75, 3.05) is 0 Å². The lowest BCUT2D eigenvalue weighted by molar-refractivity contribution is -0.138. The Morgan fingerprint density at radius 1 is 1.50 bits per heavy atom. The lowest BCUT2D eigenvalue weighted by Crippen LogP contribution is -2.37. The summed E-state index contributed by atoms with van der Waals surface area (Å²) in [5, 5.41) is 0. The fraction of sp³-hybridized carbons (Fsp3) is 0.700. The summed E-state index contributed by atoms with van der Waals surface area (Å²) >= 11 is 0. The maximum absolute atomic E-state index is 11.4. The lowest BCUT2D eigenvalue weighted by Gasteiger charge is -2.30. The highest BCUT2D eigenvalue weighted by atomic mass is 16.5. The topological polar surface area (TPSA) is 26.3 Å². The van der Waals surface area contributed by atoms with Crippen molar-refractivity contribution in [3.63, 3.8) is 0 Å². The van der Waals surface area contributed by atoms with Crippen LogP contribution < -0.4 is 0 Å². The van der Waals surface area contributed by atoms with E-state index in [-0.39, 0.29) is 18.1 Å². The Morgan fingerprint density at radius 3 is 2.75 bits per heavy atom. The first-order valence-electron chi connectivity index (χ1n) is 4.46. The molecular formula is C10H16O2. The van der Waals surface area contributed by atoms with E-state index in [0.29, 0.717) is 12.2 Å². The third-order valence-corrected chi connectivity index (χ3v) is 2.26. The highest BCUT2D eigenvalue weighted by Gasteiger charge is 2.30. The molecule has 0 aromatic carbocycles. The Labute approximate surface area is 73.6 Å². The maximum Gasteiger partial charge on any atom is 0.141 e. The molecule has 1 heterocycles. The molecule has 2 heteroatoms. The lowest BCUT2D eigenvalue weighted by atomic mass is 9.92. The van der Waals surface area contributed by atoms with Crippen LogP contribution in [-0.2, 0) is 9.53 Å². The molecule has 12 heavy (non-hydrogen) atoms. The first kappa shape index (κ1) is 9.46. The van der Waals surface area contributed by atoms with Crippen LogP contribution in [0.1, 0.15) is 27.2 Å². The molecule has 0 radical (unpaired) electrons. The van der Waals surface area contributed by atoms with Crippen LogP contribution in [0.2, 0.25) is 0 Å². The van der Waals surface area contributed by atoms with Crippen molar-refractivity contribution in [3.8, 4) is 0 Å². The molecule has 1 fully saturated rings. The standard InChI is InChI=1S/C10H16O2/c1-4-5-10-8(3)9(11)6-7(2)12-10/h4-5,7-8,10H,6H2,1-3H3/b5-4+/t7-,8+,10+/m1/s1. The number of Topliss-reactive ketones (excluding diaryl/α,β-unsaturated/α-hetero) is 1. The molecule has 0 aliphatic carbocycles. The summed E-state index contributed by atoms with van der Waals surface area (Å²) in [5.74, 6) is 0.342. The van der Waals surface area contributed by atoms with Gasteiger partial charge in [0.25, 0.3) is 0 Å². The van der Waals surface area contributed by atoms with Crippen molar-refractivity contribution in [2.24, 2.45) is 5.92 Å². The van der Waals surface area contributed by atoms with Gasteiger partial charge < -0.3 is 4.74 Å². The van der Waals surface area contributed by atoms with Crippen LogP contribution in [0.5, 0.6) is 0 Å². The summed E-state index contributed by atoms with van der Waals surface area (Å²) in [6, 6.07) is 0. The van der Waals surface area contributed by atoms with E-state index in [1.807, 2.05) is 32.9 Å². The summed E-state index contributed by atoms with van der Waals surface area (Å²) in [6.45, 7) is 5.82. The Hall–Kier alpha value is -0.630. The number of carbonyl (C=O) groups excluding carboxylic acids is 1. The van der Waals surface area contributed by atoms with Gasteiger partial charge in [-0.25, -0.2) is 0 Å². The van der Waals surface area contributed by atoms with Gasteiger partial charge in [-0.3, -0.25) is 4.79 Å². The fourth-order valence-corrected chi connectivity index (χ4v) is 1.49. The number of allylic oxidation sites excluding steroid dienone is 1. The molecule has 0 aromatic heterocycles. The monoisotopic (exact) mass is 168 g/mol. The van der Waals surface area contributed by atoms with Gasteiger partial charge in [0, 0.05) is 12.3 Å². The zero-order valence-corrected chi connectivity index (χ0v) is 7.91. The summed E-state index contributed by atoms with van der Waals surface area (Å²) < 4.78 is 5.60. The van der Waals surface area contributed by atoms with Crippen molar-refractivity contribution < 1.29 is 9.53 Å². The number of ketones is 1. The molecule has 1 saturated heterocycles. The molecule has 0 spiro atoms. The smallest absolute Gasteiger partial charge is 0.141 e. The van der Waals surface area contributed by atoms with Gasteiger partial charge in [-0.05, 0) is 13.8 Å². The molecule has 0 N–H and O–H groups in total. The third kappa shape index (κ3) is 1.95. The van der Waals surface area contributed by atoms with Gasteiger partial charge >= 0.3 is 0 Å². The van der Waals surface area contributed by atoms with Crippen LogP contribution in [0.3, 0.4) is 0 Å². The average molecular weight is 168 g/mol. The molecule has 0 aromatic rings. The second-order valence-electron chi connectivity index (χ2n) is 3.40. The van der Waals surface area contributed by atoms with E-state index in [2.05, 4.69) is 0 Å². The van der Waals surface area contributed by atoms with Gasteiger partial charge in [-0.1, -0.05) is 19.1 Å². The SMILES string of the molecule is C/C=C/[C@@H]1O[C@H](C)CC(=O)[C@@H]1C. The van der Waals surface area contributed by atoms with Gasteiger partial charge in [0.15, 0.2) is 0 Å². The van der Waals surface area contributed by atoms with E-state index >= 15 is 0 Å². The van der Waals surface area contributed by atoms with Gasteiger partial charge in [-0.15, -0.1) is 0 Å². The Morgan fingerprint density at radius 2 is 2.17 bits per heavy atom. The van der Waals surface area contributed by atoms with Crippen molar-refractivity contribution in [3.05, 3.63) is 12.2 Å². The second kappa shape index (κ2) is 3.85. The summed E-state index contributed by atoms with van der Waals surface area (Å²) in [6.07, 6.45) is 4.53. The molecule has 1 aliphatic rings. The van der Waals surface area contributed by atoms with Crippen LogP contribution >= 0.6 is 0 Å². The van der Waals surface area contributed by atoms with Gasteiger partial charge in [0.2, 0.25) is 0 Å². The zero-order valence-electron chi connectivity index (χ0n) is 7.91. The number of hydrogen-bond donors (Lipinski definition) is 0. The van der Waals surface area contributed by atoms with Gasteiger partial charge in [0.1, 0.15) is 5.78 Å². The van der Waals surface area contributed by atoms with E-state index in [1.165, 1.54) is 0 Å². The molecule has 68 valence electrons. The van der Waals surface area contributed by atoms with Crippen LogP contribution in [0.4, 0.5) is 0 Å². The van der Waals surface area contributed by atoms with E-state index in [4.69, 9.17) is 4.74 Å². The Balaban J connectivity index is 2.66. The van der Waals surface area contributed by atoms with Crippen LogP contribution in [-0.4, -0.2) is 18.0 Å². The van der Waals surface area contributed by atoms with Crippen LogP contribution in [0.15, 0.2) is 12.2 Å². The Bertz CT molecular complexity index is 196. The molecule has 2 nitrogen and oxygen atoms in total. The van der Waals surface area contributed by atoms with E-state index in [1.54, 1.807) is 0 Å². The predicted octanol–water partition coefficient (Wildman–Crippen LogP) is 1.95. The minimum atomic E-state index is -0.00810. The largest absolute Gasteiger partial charge is 0.370 e. The minimum absolute atomic E-state index is 0.00810. The molecule has 1 aliphatic heterocycles. The molecule has 3 atom stereocenters. The van der Waals surface area contributed by atoms with Crippen molar-refractivity contribution >= 4 is 5.78 Å². The van der Waals surface area contributed by atoms with Gasteiger partial charge in [0.05, 0.1) is 12.2 Å². The first-order valence-corrected chi connectivity index (χ1v) is 4.46. The van der Waals surface area contributed by atoms with Crippen molar-refractivity contribution in [2.45, 2.75) is 39.4 Å². The summed E-state index contributed by atoms with van der Waals surface area (Å²) in [4.78, 5) is 11.4. The second-order valence-corrected chi connectivity index (χ2v) is 3.40. The third-order valence-electron chi connectivity index (χ3n) is 2.26. The molecule has 0 unspecified atom stereocenters. The average Bonchev–Trinajstić information content (AvgIpc) is 2.00. The quantitative estimate of drug-likeness (QED) is 0.559. The number of rotatable bonds is 1. The first-order chi connectivity index (χ1) is 5.65. The minimum Gasteiger partial charge on any atom is -0.370 e. The highest BCUT2D eigenvalue weighted by molar-refractivity contribution is 5.82. The van der Waals surface area contributed by atoms with Crippen LogP contribution in [0.25, 0.3) is 0 Å². The van der Waals surface area contributed by atoms with Crippen molar-refractivity contribution in [1.29, 1.82) is 0 Å².